The summed E-state index contributed by atoms with van der Waals surface area (Å²) in [4.78, 5) is 0. The average molecular weight is 505 g/mol. The Bertz CT molecular complexity index is 395. The number of hydrogen-bond donors (Lipinski definition) is 0. The first-order valence-corrected chi connectivity index (χ1v) is 17.5. The lowest BCUT2D eigenvalue weighted by molar-refractivity contribution is 0.430. The van der Waals surface area contributed by atoms with Crippen LogP contribution < -0.4 is 0 Å². The van der Waals surface area contributed by atoms with E-state index in [0.717, 1.165) is 5.92 Å². The summed E-state index contributed by atoms with van der Waals surface area (Å²) in [7, 11) is 0. The Morgan fingerprint density at radius 2 is 0.583 bits per heavy atom. The summed E-state index contributed by atoms with van der Waals surface area (Å²) < 4.78 is 0. The maximum absolute atomic E-state index is 2.50. The molecule has 0 rings (SSSR count). The lowest BCUT2D eigenvalue weighted by Crippen LogP contribution is -1.95. The molecule has 0 saturated heterocycles. The lowest BCUT2D eigenvalue weighted by atomic mass is 9.95. The molecule has 36 heavy (non-hydrogen) atoms. The van der Waals surface area contributed by atoms with Gasteiger partial charge < -0.3 is 0 Å². The molecular formula is C36H72. The fraction of sp³-hybridized carbons (Fsp3) is 0.944. The number of hydrogen-bond acceptors (Lipinski definition) is 0. The van der Waals surface area contributed by atoms with Crippen molar-refractivity contribution < 1.29 is 0 Å². The van der Waals surface area contributed by atoms with Crippen molar-refractivity contribution in [1.29, 1.82) is 0 Å². The molecule has 0 aromatic carbocycles. The normalized spacial score (nSPS) is 12.6. The van der Waals surface area contributed by atoms with E-state index in [9.17, 15) is 0 Å². The molecule has 0 aromatic rings. The van der Waals surface area contributed by atoms with Crippen LogP contribution >= 0.6 is 0 Å². The predicted octanol–water partition coefficient (Wildman–Crippen LogP) is 13.9. The molecule has 216 valence electrons. The van der Waals surface area contributed by atoms with Gasteiger partial charge in [-0.05, 0) is 31.6 Å². The molecule has 0 aliphatic carbocycles. The topological polar surface area (TPSA) is 0 Å². The van der Waals surface area contributed by atoms with Crippen LogP contribution in [0.25, 0.3) is 0 Å². The van der Waals surface area contributed by atoms with Crippen LogP contribution in [0, 0.1) is 5.92 Å². The Kier molecular flexibility index (Phi) is 32.5. The van der Waals surface area contributed by atoms with Gasteiger partial charge in [0.15, 0.2) is 0 Å². The van der Waals surface area contributed by atoms with Crippen molar-refractivity contribution in [3.8, 4) is 0 Å². The molecule has 1 unspecified atom stereocenters. The molecule has 0 nitrogen and oxygen atoms in total. The summed E-state index contributed by atoms with van der Waals surface area (Å²) in [5.74, 6) is 0.962. The Hall–Kier alpha value is -0.260. The van der Waals surface area contributed by atoms with Crippen LogP contribution in [-0.2, 0) is 0 Å². The predicted molar refractivity (Wildman–Crippen MR) is 168 cm³/mol. The summed E-state index contributed by atoms with van der Waals surface area (Å²) in [6.07, 6.45) is 48.3. The van der Waals surface area contributed by atoms with Gasteiger partial charge in [-0.1, -0.05) is 200 Å². The zero-order valence-electron chi connectivity index (χ0n) is 25.9. The Balaban J connectivity index is 3.17. The van der Waals surface area contributed by atoms with E-state index >= 15 is 0 Å². The van der Waals surface area contributed by atoms with Gasteiger partial charge in [-0.3, -0.25) is 0 Å². The van der Waals surface area contributed by atoms with Crippen LogP contribution in [0.3, 0.4) is 0 Å². The van der Waals surface area contributed by atoms with Crippen molar-refractivity contribution in [1.82, 2.24) is 0 Å². The minimum absolute atomic E-state index is 0.962. The quantitative estimate of drug-likeness (QED) is 0.0650. The van der Waals surface area contributed by atoms with E-state index in [0.29, 0.717) is 0 Å². The monoisotopic (exact) mass is 505 g/mol. The molecule has 0 aliphatic heterocycles. The van der Waals surface area contributed by atoms with E-state index in [2.05, 4.69) is 32.9 Å². The number of allylic oxidation sites excluding steroid dienone is 2. The molecule has 0 aromatic heterocycles. The van der Waals surface area contributed by atoms with Crippen molar-refractivity contribution in [3.05, 3.63) is 12.2 Å². The van der Waals surface area contributed by atoms with Crippen molar-refractivity contribution in [2.24, 2.45) is 5.92 Å². The standard InChI is InChI=1S/C36H72/c1-4-6-8-10-12-14-16-17-18-19-20-21-22-23-24-25-27-29-31-33-35-36(3)34-32-30-28-26-15-13-11-9-7-5-2/h18-19,36H,4-17,20-35H2,1-3H3. The fourth-order valence-electron chi connectivity index (χ4n) is 5.57. The second-order valence-corrected chi connectivity index (χ2v) is 12.2. The largest absolute Gasteiger partial charge is 0.0885 e. The first-order valence-electron chi connectivity index (χ1n) is 17.5. The highest BCUT2D eigenvalue weighted by Crippen LogP contribution is 2.19. The van der Waals surface area contributed by atoms with Crippen LogP contribution in [0.15, 0.2) is 12.2 Å². The second-order valence-electron chi connectivity index (χ2n) is 12.2. The Morgan fingerprint density at radius 3 is 0.889 bits per heavy atom. The molecule has 0 aliphatic rings. The SMILES string of the molecule is CCCCCCCCCC=CCCCCCCCCCCCC(C)CCCCCCCCCCCC. The Morgan fingerprint density at radius 1 is 0.333 bits per heavy atom. The molecular weight excluding hydrogens is 432 g/mol. The van der Waals surface area contributed by atoms with E-state index in [1.54, 1.807) is 0 Å². The average Bonchev–Trinajstić information content (AvgIpc) is 2.88. The van der Waals surface area contributed by atoms with Crippen LogP contribution in [0.2, 0.25) is 0 Å². The molecule has 1 atom stereocenters. The van der Waals surface area contributed by atoms with Gasteiger partial charge in [0.1, 0.15) is 0 Å². The lowest BCUT2D eigenvalue weighted by Gasteiger charge is -2.11. The maximum atomic E-state index is 2.50. The molecule has 0 bridgehead atoms. The van der Waals surface area contributed by atoms with Gasteiger partial charge in [0.05, 0.1) is 0 Å². The molecule has 0 spiro atoms. The smallest absolute Gasteiger partial charge is 0.0351 e. The third-order valence-corrected chi connectivity index (χ3v) is 8.26. The van der Waals surface area contributed by atoms with Crippen molar-refractivity contribution in [2.75, 3.05) is 0 Å². The van der Waals surface area contributed by atoms with Gasteiger partial charge >= 0.3 is 0 Å². The second kappa shape index (κ2) is 32.8. The number of rotatable bonds is 31. The zero-order chi connectivity index (χ0) is 26.2. The van der Waals surface area contributed by atoms with Gasteiger partial charge in [0.2, 0.25) is 0 Å². The molecule has 0 heterocycles. The van der Waals surface area contributed by atoms with E-state index in [4.69, 9.17) is 0 Å². The van der Waals surface area contributed by atoms with Gasteiger partial charge in [0.25, 0.3) is 0 Å². The molecule has 0 heteroatoms. The van der Waals surface area contributed by atoms with Crippen molar-refractivity contribution in [2.45, 2.75) is 213 Å². The van der Waals surface area contributed by atoms with E-state index in [1.807, 2.05) is 0 Å². The zero-order valence-corrected chi connectivity index (χ0v) is 25.9. The summed E-state index contributed by atoms with van der Waals surface area (Å²) in [5.41, 5.74) is 0. The van der Waals surface area contributed by atoms with Crippen LogP contribution in [0.4, 0.5) is 0 Å². The summed E-state index contributed by atoms with van der Waals surface area (Å²) >= 11 is 0. The highest BCUT2D eigenvalue weighted by molar-refractivity contribution is 4.81. The maximum Gasteiger partial charge on any atom is -0.0351 e. The van der Waals surface area contributed by atoms with Gasteiger partial charge in [-0.25, -0.2) is 0 Å². The minimum atomic E-state index is 0.962. The molecule has 0 saturated carbocycles. The minimum Gasteiger partial charge on any atom is -0.0885 e. The molecule has 0 N–H and O–H groups in total. The molecule has 0 fully saturated rings. The van der Waals surface area contributed by atoms with E-state index in [1.165, 1.54) is 193 Å². The van der Waals surface area contributed by atoms with Gasteiger partial charge in [0, 0.05) is 0 Å². The summed E-state index contributed by atoms with van der Waals surface area (Å²) in [6, 6.07) is 0. The highest BCUT2D eigenvalue weighted by Gasteiger charge is 2.02. The van der Waals surface area contributed by atoms with E-state index in [-0.39, 0.29) is 0 Å². The third-order valence-electron chi connectivity index (χ3n) is 8.26. The van der Waals surface area contributed by atoms with Crippen LogP contribution in [-0.4, -0.2) is 0 Å². The van der Waals surface area contributed by atoms with Crippen LogP contribution in [0.5, 0.6) is 0 Å². The first kappa shape index (κ1) is 35.7. The van der Waals surface area contributed by atoms with Gasteiger partial charge in [-0.2, -0.15) is 0 Å². The summed E-state index contributed by atoms with van der Waals surface area (Å²) in [5, 5.41) is 0. The number of unbranched alkanes of at least 4 members (excludes halogenated alkanes) is 25. The molecule has 0 radical (unpaired) electrons. The van der Waals surface area contributed by atoms with E-state index < -0.39 is 0 Å². The molecule has 0 amide bonds. The Labute approximate surface area is 231 Å². The first-order chi connectivity index (χ1) is 17.8. The van der Waals surface area contributed by atoms with Crippen LogP contribution in [0.1, 0.15) is 213 Å². The third kappa shape index (κ3) is 31.8. The highest BCUT2D eigenvalue weighted by atomic mass is 14.1. The van der Waals surface area contributed by atoms with Crippen molar-refractivity contribution in [3.63, 3.8) is 0 Å². The summed E-state index contributed by atoms with van der Waals surface area (Å²) in [6.45, 7) is 7.11. The van der Waals surface area contributed by atoms with Crippen molar-refractivity contribution >= 4 is 0 Å². The fourth-order valence-corrected chi connectivity index (χ4v) is 5.57. The van der Waals surface area contributed by atoms with Gasteiger partial charge in [-0.15, -0.1) is 0 Å².